The van der Waals surface area contributed by atoms with E-state index in [1.54, 1.807) is 48.8 Å². The molecule has 1 saturated heterocycles. The van der Waals surface area contributed by atoms with Gasteiger partial charge in [0.2, 0.25) is 0 Å². The van der Waals surface area contributed by atoms with Crippen molar-refractivity contribution in [2.24, 2.45) is 0 Å². The predicted molar refractivity (Wildman–Crippen MR) is 126 cm³/mol. The average molecular weight is 486 g/mol. The molecule has 1 aromatic heterocycles. The summed E-state index contributed by atoms with van der Waals surface area (Å²) in [5, 5.41) is 4.82. The van der Waals surface area contributed by atoms with Crippen LogP contribution >= 0.6 is 0 Å². The fourth-order valence-electron chi connectivity index (χ4n) is 3.77. The van der Waals surface area contributed by atoms with Gasteiger partial charge in [-0.05, 0) is 74.5 Å². The Bertz CT molecular complexity index is 1120. The minimum Gasteiger partial charge on any atom is -0.492 e. The number of anilines is 2. The van der Waals surface area contributed by atoms with Crippen LogP contribution in [-0.4, -0.2) is 42.2 Å². The molecule has 0 bridgehead atoms. The van der Waals surface area contributed by atoms with Crippen LogP contribution in [0.4, 0.5) is 29.3 Å². The number of likely N-dealkylation sites (tertiary alicyclic amines) is 1. The molecule has 0 spiro atoms. The summed E-state index contributed by atoms with van der Waals surface area (Å²) in [7, 11) is 0. The van der Waals surface area contributed by atoms with Gasteiger partial charge in [-0.1, -0.05) is 6.07 Å². The second-order valence-electron chi connectivity index (χ2n) is 7.96. The number of nitrogens with one attached hydrogen (secondary N) is 2. The van der Waals surface area contributed by atoms with Crippen LogP contribution in [-0.2, 0) is 6.18 Å². The van der Waals surface area contributed by atoms with Crippen LogP contribution in [0.3, 0.4) is 0 Å². The molecular formula is C25H25F3N4O3. The Labute approximate surface area is 200 Å². The largest absolute Gasteiger partial charge is 0.492 e. The number of pyridine rings is 1. The number of alkyl halides is 3. The third-order valence-electron chi connectivity index (χ3n) is 5.42. The molecule has 2 N–H and O–H groups in total. The maximum absolute atomic E-state index is 13.9. The number of urea groups is 1. The molecule has 2 heterocycles. The van der Waals surface area contributed by atoms with Crippen molar-refractivity contribution in [1.82, 2.24) is 9.88 Å². The van der Waals surface area contributed by atoms with Crippen molar-refractivity contribution in [1.29, 1.82) is 0 Å². The topological polar surface area (TPSA) is 75.7 Å². The molecule has 0 atom stereocenters. The van der Waals surface area contributed by atoms with Gasteiger partial charge in [-0.2, -0.15) is 13.2 Å². The summed E-state index contributed by atoms with van der Waals surface area (Å²) >= 11 is 0. The number of aromatic nitrogens is 1. The molecule has 35 heavy (non-hydrogen) atoms. The molecule has 4 rings (SSSR count). The molecule has 0 saturated carbocycles. The summed E-state index contributed by atoms with van der Waals surface area (Å²) < 4.78 is 52.7. The van der Waals surface area contributed by atoms with E-state index < -0.39 is 17.8 Å². The number of halogens is 3. The fourth-order valence-corrected chi connectivity index (χ4v) is 3.77. The Morgan fingerprint density at radius 2 is 1.63 bits per heavy atom. The average Bonchev–Trinajstić information content (AvgIpc) is 3.34. The van der Waals surface area contributed by atoms with Gasteiger partial charge in [-0.3, -0.25) is 9.88 Å². The van der Waals surface area contributed by atoms with Gasteiger partial charge >= 0.3 is 12.2 Å². The van der Waals surface area contributed by atoms with Gasteiger partial charge in [-0.15, -0.1) is 0 Å². The van der Waals surface area contributed by atoms with Crippen molar-refractivity contribution in [3.63, 3.8) is 0 Å². The smallest absolute Gasteiger partial charge is 0.421 e. The zero-order valence-electron chi connectivity index (χ0n) is 18.8. The van der Waals surface area contributed by atoms with E-state index in [1.807, 2.05) is 0 Å². The molecule has 7 nitrogen and oxygen atoms in total. The molecule has 3 aromatic rings. The van der Waals surface area contributed by atoms with Gasteiger partial charge in [-0.25, -0.2) is 4.79 Å². The van der Waals surface area contributed by atoms with Gasteiger partial charge in [0.25, 0.3) is 0 Å². The van der Waals surface area contributed by atoms with Gasteiger partial charge in [0, 0.05) is 24.6 Å². The van der Waals surface area contributed by atoms with E-state index >= 15 is 0 Å². The maximum atomic E-state index is 13.9. The number of amides is 2. The molecule has 184 valence electrons. The summed E-state index contributed by atoms with van der Waals surface area (Å²) in [4.78, 5) is 18.5. The highest BCUT2D eigenvalue weighted by atomic mass is 19.4. The highest BCUT2D eigenvalue weighted by molar-refractivity contribution is 6.00. The van der Waals surface area contributed by atoms with Crippen molar-refractivity contribution in [2.75, 3.05) is 36.9 Å². The van der Waals surface area contributed by atoms with E-state index in [0.717, 1.165) is 25.9 Å². The summed E-state index contributed by atoms with van der Waals surface area (Å²) in [5.74, 6) is 0.813. The lowest BCUT2D eigenvalue weighted by Gasteiger charge is -2.20. The van der Waals surface area contributed by atoms with E-state index in [0.29, 0.717) is 23.7 Å². The van der Waals surface area contributed by atoms with Crippen molar-refractivity contribution < 1.29 is 27.4 Å². The second kappa shape index (κ2) is 11.1. The SMILES string of the molecule is O=C(Nc1ccc(Oc2ccncc2)cc1)Nc1cccc(OCCN2CCCC2)c1C(F)(F)F. The number of rotatable bonds is 8. The minimum absolute atomic E-state index is 0.132. The summed E-state index contributed by atoms with van der Waals surface area (Å²) in [6, 6.07) is 12.9. The van der Waals surface area contributed by atoms with Gasteiger partial charge in [0.05, 0.1) is 5.69 Å². The van der Waals surface area contributed by atoms with Crippen molar-refractivity contribution in [3.8, 4) is 17.2 Å². The lowest BCUT2D eigenvalue weighted by Crippen LogP contribution is -2.26. The third kappa shape index (κ3) is 6.86. The molecule has 0 aliphatic carbocycles. The molecular weight excluding hydrogens is 461 g/mol. The van der Waals surface area contributed by atoms with Gasteiger partial charge < -0.3 is 20.1 Å². The number of hydrogen-bond donors (Lipinski definition) is 2. The molecule has 1 aliphatic rings. The third-order valence-corrected chi connectivity index (χ3v) is 5.42. The van der Waals surface area contributed by atoms with Crippen LogP contribution in [0.15, 0.2) is 67.0 Å². The number of benzene rings is 2. The van der Waals surface area contributed by atoms with E-state index in [2.05, 4.69) is 20.5 Å². The Balaban J connectivity index is 1.39. The lowest BCUT2D eigenvalue weighted by atomic mass is 10.1. The molecule has 1 fully saturated rings. The summed E-state index contributed by atoms with van der Waals surface area (Å²) in [6.07, 6.45) is 0.654. The number of hydrogen-bond acceptors (Lipinski definition) is 5. The Morgan fingerprint density at radius 3 is 2.31 bits per heavy atom. The van der Waals surface area contributed by atoms with Gasteiger partial charge in [0.15, 0.2) is 0 Å². The zero-order valence-corrected chi connectivity index (χ0v) is 18.8. The second-order valence-corrected chi connectivity index (χ2v) is 7.96. The zero-order chi connectivity index (χ0) is 24.7. The van der Waals surface area contributed by atoms with Crippen molar-refractivity contribution in [3.05, 3.63) is 72.6 Å². The standard InChI is InChI=1S/C25H25F3N4O3/c26-25(27,28)23-21(4-3-5-22(23)34-17-16-32-14-1-2-15-32)31-24(33)30-18-6-8-19(9-7-18)35-20-10-12-29-13-11-20/h3-13H,1-2,14-17H2,(H2,30,31,33). The lowest BCUT2D eigenvalue weighted by molar-refractivity contribution is -0.138. The first kappa shape index (κ1) is 24.3. The predicted octanol–water partition coefficient (Wildman–Crippen LogP) is 6.01. The fraction of sp³-hybridized carbons (Fsp3) is 0.280. The van der Waals surface area contributed by atoms with Crippen LogP contribution in [0.1, 0.15) is 18.4 Å². The highest BCUT2D eigenvalue weighted by Gasteiger charge is 2.38. The molecule has 1 aliphatic heterocycles. The molecule has 2 amide bonds. The van der Waals surface area contributed by atoms with E-state index in [-0.39, 0.29) is 18.0 Å². The summed E-state index contributed by atoms with van der Waals surface area (Å²) in [5.41, 5.74) is -1.01. The van der Waals surface area contributed by atoms with Gasteiger partial charge in [0.1, 0.15) is 29.4 Å². The number of nitrogens with zero attached hydrogens (tertiary/aromatic N) is 2. The minimum atomic E-state index is -4.71. The summed E-state index contributed by atoms with van der Waals surface area (Å²) in [6.45, 7) is 2.53. The number of carbonyl (C=O) groups excluding carboxylic acids is 1. The van der Waals surface area contributed by atoms with Crippen LogP contribution in [0, 0.1) is 0 Å². The quantitative estimate of drug-likeness (QED) is 0.408. The molecule has 2 aromatic carbocycles. The first-order valence-electron chi connectivity index (χ1n) is 11.2. The van der Waals surface area contributed by atoms with E-state index in [1.165, 1.54) is 18.2 Å². The van der Waals surface area contributed by atoms with E-state index in [9.17, 15) is 18.0 Å². The Morgan fingerprint density at radius 1 is 0.943 bits per heavy atom. The van der Waals surface area contributed by atoms with Crippen LogP contribution in [0.25, 0.3) is 0 Å². The number of carbonyl (C=O) groups is 1. The Hall–Kier alpha value is -3.79. The maximum Gasteiger partial charge on any atom is 0.421 e. The molecule has 0 radical (unpaired) electrons. The first-order chi connectivity index (χ1) is 16.9. The number of ether oxygens (including phenoxy) is 2. The van der Waals surface area contributed by atoms with Crippen LogP contribution in [0.2, 0.25) is 0 Å². The van der Waals surface area contributed by atoms with Crippen molar-refractivity contribution in [2.45, 2.75) is 19.0 Å². The normalized spacial score (nSPS) is 13.9. The monoisotopic (exact) mass is 486 g/mol. The molecule has 10 heteroatoms. The molecule has 0 unspecified atom stereocenters. The highest BCUT2D eigenvalue weighted by Crippen LogP contribution is 2.41. The Kier molecular flexibility index (Phi) is 7.71. The first-order valence-corrected chi connectivity index (χ1v) is 11.2. The van der Waals surface area contributed by atoms with E-state index in [4.69, 9.17) is 9.47 Å². The van der Waals surface area contributed by atoms with Crippen LogP contribution < -0.4 is 20.1 Å². The van der Waals surface area contributed by atoms with Crippen LogP contribution in [0.5, 0.6) is 17.2 Å². The van der Waals surface area contributed by atoms with Crippen molar-refractivity contribution >= 4 is 17.4 Å².